The van der Waals surface area contributed by atoms with Gasteiger partial charge < -0.3 is 14.4 Å². The van der Waals surface area contributed by atoms with Crippen LogP contribution in [0.3, 0.4) is 0 Å². The quantitative estimate of drug-likeness (QED) is 0.743. The zero-order valence-electron chi connectivity index (χ0n) is 12.0. The molecule has 1 fully saturated rings. The Hall–Kier alpha value is -1.33. The monoisotopic (exact) mass is 281 g/mol. The number of rotatable bonds is 6. The molecule has 1 heterocycles. The second-order valence-electron chi connectivity index (χ2n) is 4.78. The van der Waals surface area contributed by atoms with E-state index in [9.17, 15) is 4.39 Å². The van der Waals surface area contributed by atoms with Gasteiger partial charge in [0.1, 0.15) is 18.2 Å². The van der Waals surface area contributed by atoms with Crippen LogP contribution in [0.15, 0.2) is 18.2 Å². The summed E-state index contributed by atoms with van der Waals surface area (Å²) in [6.07, 6.45) is 0. The van der Waals surface area contributed by atoms with Crippen molar-refractivity contribution in [3.63, 3.8) is 0 Å². The third-order valence-electron chi connectivity index (χ3n) is 3.50. The third-order valence-corrected chi connectivity index (χ3v) is 3.50. The molecule has 0 amide bonds. The maximum absolute atomic E-state index is 14.1. The van der Waals surface area contributed by atoms with Crippen molar-refractivity contribution < 1.29 is 13.9 Å². The van der Waals surface area contributed by atoms with Gasteiger partial charge in [-0.1, -0.05) is 0 Å². The molecule has 1 aromatic carbocycles. The molecule has 0 atom stereocenters. The van der Waals surface area contributed by atoms with E-state index < -0.39 is 0 Å². The molecule has 0 saturated carbocycles. The van der Waals surface area contributed by atoms with Crippen LogP contribution in [0.4, 0.5) is 10.1 Å². The zero-order chi connectivity index (χ0) is 14.4. The van der Waals surface area contributed by atoms with Crippen molar-refractivity contribution in [1.29, 1.82) is 0 Å². The number of ether oxygens (including phenoxy) is 2. The van der Waals surface area contributed by atoms with Crippen LogP contribution < -0.4 is 9.64 Å². The molecule has 0 N–H and O–H groups in total. The fraction of sp³-hybridized carbons (Fsp3) is 0.533. The van der Waals surface area contributed by atoms with E-state index >= 15 is 0 Å². The fourth-order valence-corrected chi connectivity index (χ4v) is 2.29. The maximum atomic E-state index is 14.1. The highest BCUT2D eigenvalue weighted by atomic mass is 19.1. The van der Waals surface area contributed by atoms with Gasteiger partial charge in [0.25, 0.3) is 0 Å². The number of halogens is 1. The van der Waals surface area contributed by atoms with E-state index in [0.29, 0.717) is 24.7 Å². The second-order valence-corrected chi connectivity index (χ2v) is 4.78. The molecule has 0 aliphatic carbocycles. The molecule has 111 valence electrons. The molecule has 0 spiro atoms. The predicted molar refractivity (Wildman–Crippen MR) is 77.8 cm³/mol. The molecule has 1 radical (unpaired) electrons. The molecule has 0 bridgehead atoms. The van der Waals surface area contributed by atoms with Crippen molar-refractivity contribution in [3.05, 3.63) is 30.9 Å². The molecule has 1 aromatic rings. The predicted octanol–water partition coefficient (Wildman–Crippen LogP) is 1.81. The summed E-state index contributed by atoms with van der Waals surface area (Å²) < 4.78 is 24.4. The highest BCUT2D eigenvalue weighted by Gasteiger charge is 2.18. The van der Waals surface area contributed by atoms with Gasteiger partial charge in [-0.25, -0.2) is 4.39 Å². The van der Waals surface area contributed by atoms with Crippen molar-refractivity contribution in [2.24, 2.45) is 0 Å². The van der Waals surface area contributed by atoms with Gasteiger partial charge in [-0.05, 0) is 25.6 Å². The van der Waals surface area contributed by atoms with Crippen LogP contribution in [0.25, 0.3) is 0 Å². The molecule has 0 aromatic heterocycles. The molecular formula is C15H22FN2O2. The lowest BCUT2D eigenvalue weighted by Gasteiger charge is -2.35. The van der Waals surface area contributed by atoms with Crippen molar-refractivity contribution >= 4 is 5.69 Å². The largest absolute Gasteiger partial charge is 0.491 e. The number of hydrogen-bond acceptors (Lipinski definition) is 4. The average Bonchev–Trinajstić information content (AvgIpc) is 2.48. The minimum Gasteiger partial charge on any atom is -0.491 e. The van der Waals surface area contributed by atoms with E-state index in [-0.39, 0.29) is 5.82 Å². The normalized spacial score (nSPS) is 16.4. The Kier molecular flexibility index (Phi) is 5.61. The van der Waals surface area contributed by atoms with Gasteiger partial charge in [0.15, 0.2) is 0 Å². The SMILES string of the molecule is [CH2]CN1CCN(c2ccc(OCCOC)cc2F)CC1. The first kappa shape index (κ1) is 15.1. The maximum Gasteiger partial charge on any atom is 0.150 e. The minimum absolute atomic E-state index is 0.233. The van der Waals surface area contributed by atoms with Crippen LogP contribution in [-0.2, 0) is 4.74 Å². The first-order chi connectivity index (χ1) is 9.74. The Morgan fingerprint density at radius 1 is 1.20 bits per heavy atom. The molecule has 1 aliphatic rings. The lowest BCUT2D eigenvalue weighted by molar-refractivity contribution is 0.146. The number of nitrogens with zero attached hydrogens (tertiary/aromatic N) is 2. The van der Waals surface area contributed by atoms with E-state index in [1.165, 1.54) is 6.07 Å². The standard InChI is InChI=1S/C15H22FN2O2/c1-3-17-6-8-18(9-7-17)15-5-4-13(12-14(15)16)20-11-10-19-2/h4-5,12H,1,3,6-11H2,2H3. The first-order valence-corrected chi connectivity index (χ1v) is 6.92. The Morgan fingerprint density at radius 3 is 2.55 bits per heavy atom. The topological polar surface area (TPSA) is 24.9 Å². The number of piperazine rings is 1. The Morgan fingerprint density at radius 2 is 1.95 bits per heavy atom. The molecule has 0 unspecified atom stereocenters. The number of methoxy groups -OCH3 is 1. The first-order valence-electron chi connectivity index (χ1n) is 6.92. The van der Waals surface area contributed by atoms with Crippen LogP contribution >= 0.6 is 0 Å². The summed E-state index contributed by atoms with van der Waals surface area (Å²) in [6, 6.07) is 5.04. The van der Waals surface area contributed by atoms with E-state index in [1.54, 1.807) is 13.2 Å². The van der Waals surface area contributed by atoms with Crippen molar-refractivity contribution in [2.75, 3.05) is 57.9 Å². The molecule has 5 heteroatoms. The molecule has 1 saturated heterocycles. The van der Waals surface area contributed by atoms with Crippen LogP contribution in [0, 0.1) is 12.7 Å². The lowest BCUT2D eigenvalue weighted by atomic mass is 10.2. The van der Waals surface area contributed by atoms with Gasteiger partial charge in [0, 0.05) is 39.4 Å². The van der Waals surface area contributed by atoms with Crippen molar-refractivity contribution in [2.45, 2.75) is 0 Å². The van der Waals surface area contributed by atoms with E-state index in [2.05, 4.69) is 16.7 Å². The third kappa shape index (κ3) is 3.84. The minimum atomic E-state index is -0.233. The molecule has 4 nitrogen and oxygen atoms in total. The molecule has 1 aliphatic heterocycles. The van der Waals surface area contributed by atoms with E-state index in [4.69, 9.17) is 9.47 Å². The lowest BCUT2D eigenvalue weighted by Crippen LogP contribution is -2.46. The second kappa shape index (κ2) is 7.45. The Labute approximate surface area is 120 Å². The smallest absolute Gasteiger partial charge is 0.150 e. The molecular weight excluding hydrogens is 259 g/mol. The highest BCUT2D eigenvalue weighted by Crippen LogP contribution is 2.25. The van der Waals surface area contributed by atoms with Crippen LogP contribution in [0.2, 0.25) is 0 Å². The summed E-state index contributed by atoms with van der Waals surface area (Å²) in [7, 11) is 1.61. The number of anilines is 1. The summed E-state index contributed by atoms with van der Waals surface area (Å²) in [6.45, 7) is 9.12. The summed E-state index contributed by atoms with van der Waals surface area (Å²) in [5.41, 5.74) is 0.646. The molecule has 20 heavy (non-hydrogen) atoms. The molecule has 2 rings (SSSR count). The highest BCUT2D eigenvalue weighted by molar-refractivity contribution is 5.51. The van der Waals surface area contributed by atoms with Gasteiger partial charge in [0.05, 0.1) is 12.3 Å². The van der Waals surface area contributed by atoms with Gasteiger partial charge >= 0.3 is 0 Å². The summed E-state index contributed by atoms with van der Waals surface area (Å²) >= 11 is 0. The van der Waals surface area contributed by atoms with E-state index in [0.717, 1.165) is 32.7 Å². The van der Waals surface area contributed by atoms with Gasteiger partial charge in [-0.15, -0.1) is 0 Å². The number of hydrogen-bond donors (Lipinski definition) is 0. The van der Waals surface area contributed by atoms with Gasteiger partial charge in [0.2, 0.25) is 0 Å². The Balaban J connectivity index is 1.95. The van der Waals surface area contributed by atoms with Crippen LogP contribution in [0.5, 0.6) is 5.75 Å². The van der Waals surface area contributed by atoms with Gasteiger partial charge in [-0.3, -0.25) is 4.90 Å². The summed E-state index contributed by atoms with van der Waals surface area (Å²) in [5, 5.41) is 0. The average molecular weight is 281 g/mol. The zero-order valence-corrected chi connectivity index (χ0v) is 12.0. The Bertz CT molecular complexity index is 420. The number of benzene rings is 1. The van der Waals surface area contributed by atoms with Gasteiger partial charge in [-0.2, -0.15) is 0 Å². The summed E-state index contributed by atoms with van der Waals surface area (Å²) in [4.78, 5) is 4.33. The fourth-order valence-electron chi connectivity index (χ4n) is 2.29. The van der Waals surface area contributed by atoms with Crippen LogP contribution in [-0.4, -0.2) is 57.9 Å². The summed E-state index contributed by atoms with van der Waals surface area (Å²) in [5.74, 6) is 0.308. The van der Waals surface area contributed by atoms with Crippen molar-refractivity contribution in [1.82, 2.24) is 4.90 Å². The van der Waals surface area contributed by atoms with Crippen molar-refractivity contribution in [3.8, 4) is 5.75 Å². The van der Waals surface area contributed by atoms with E-state index in [1.807, 2.05) is 6.07 Å². The van der Waals surface area contributed by atoms with Crippen LogP contribution in [0.1, 0.15) is 0 Å².